The van der Waals surface area contributed by atoms with E-state index in [9.17, 15) is 39.9 Å². The molecule has 1 spiro atoms. The lowest BCUT2D eigenvalue weighted by Crippen LogP contribution is -2.60. The van der Waals surface area contributed by atoms with Crippen molar-refractivity contribution in [2.75, 3.05) is 23.9 Å². The highest BCUT2D eigenvalue weighted by Crippen LogP contribution is 2.61. The number of carbonyl (C=O) groups is 3. The van der Waals surface area contributed by atoms with Gasteiger partial charge in [0.2, 0.25) is 14.3 Å². The minimum Gasteiger partial charge on any atom is -0.497 e. The first-order chi connectivity index (χ1) is 26.6. The molecule has 16 heteroatoms. The summed E-state index contributed by atoms with van der Waals surface area (Å²) in [6, 6.07) is 19.0. The number of ether oxygens (including phenoxy) is 3. The number of benzene rings is 3. The van der Waals surface area contributed by atoms with Crippen molar-refractivity contribution in [1.82, 2.24) is 4.90 Å². The fourth-order valence-electron chi connectivity index (χ4n) is 9.06. The van der Waals surface area contributed by atoms with Crippen LogP contribution in [0.1, 0.15) is 35.6 Å². The van der Waals surface area contributed by atoms with E-state index in [-0.39, 0.29) is 31.2 Å². The average Bonchev–Trinajstić information content (AvgIpc) is 3.60. The largest absolute Gasteiger partial charge is 0.497 e. The van der Waals surface area contributed by atoms with E-state index in [0.29, 0.717) is 35.5 Å². The van der Waals surface area contributed by atoms with Gasteiger partial charge in [-0.25, -0.2) is 0 Å². The smallest absolute Gasteiger partial charge is 0.264 e. The SMILES string of the molecule is COc1ccc2c(c1)[C@@]1(O[C@H](CC(=O)N3Cc4ccccc4C[C@H]3CO)[C@@H]([Si](C)(C)F)[C@@H]1C)C(=O)N2Cc1cccc(NC(=O)[C@H]2O[C@@H](O)[C@H](O)[C@@H](O)[C@@H]2O)c1. The monoisotopic (exact) mass is 793 g/mol. The second-order valence-electron chi connectivity index (χ2n) is 15.7. The third-order valence-electron chi connectivity index (χ3n) is 11.8. The maximum atomic E-state index is 16.6. The van der Waals surface area contributed by atoms with E-state index < -0.39 is 80.1 Å². The van der Waals surface area contributed by atoms with E-state index in [0.717, 1.165) is 11.1 Å². The summed E-state index contributed by atoms with van der Waals surface area (Å²) in [5, 5.41) is 53.0. The zero-order chi connectivity index (χ0) is 40.3. The maximum absolute atomic E-state index is 16.6. The van der Waals surface area contributed by atoms with Gasteiger partial charge in [-0.15, -0.1) is 0 Å². The minimum absolute atomic E-state index is 0.00194. The fourth-order valence-corrected chi connectivity index (χ4v) is 11.6. The first-order valence-corrected chi connectivity index (χ1v) is 21.7. The molecule has 0 aliphatic carbocycles. The second-order valence-corrected chi connectivity index (χ2v) is 19.5. The van der Waals surface area contributed by atoms with Gasteiger partial charge in [0.05, 0.1) is 44.5 Å². The van der Waals surface area contributed by atoms with Crippen molar-refractivity contribution < 1.29 is 58.2 Å². The number of anilines is 2. The number of methoxy groups -OCH3 is 1. The molecule has 7 rings (SSSR count). The molecule has 10 atom stereocenters. The Labute approximate surface area is 324 Å². The van der Waals surface area contributed by atoms with Crippen LogP contribution in [0.4, 0.5) is 15.5 Å². The molecule has 3 aromatic carbocycles. The summed E-state index contributed by atoms with van der Waals surface area (Å²) in [6.45, 7) is 4.98. The Morgan fingerprint density at radius 3 is 2.43 bits per heavy atom. The molecular weight excluding hydrogens is 746 g/mol. The van der Waals surface area contributed by atoms with E-state index in [4.69, 9.17) is 14.2 Å². The Morgan fingerprint density at radius 2 is 1.73 bits per heavy atom. The molecule has 0 aromatic heterocycles. The van der Waals surface area contributed by atoms with Crippen LogP contribution in [-0.2, 0) is 49.0 Å². The summed E-state index contributed by atoms with van der Waals surface area (Å²) >= 11 is 0. The molecule has 0 unspecified atom stereocenters. The Balaban J connectivity index is 1.17. The van der Waals surface area contributed by atoms with Crippen LogP contribution >= 0.6 is 0 Å². The van der Waals surface area contributed by atoms with Gasteiger partial charge in [0.1, 0.15) is 24.1 Å². The van der Waals surface area contributed by atoms with Crippen LogP contribution in [-0.4, -0.2) is 113 Å². The molecule has 0 bridgehead atoms. The lowest BCUT2D eigenvalue weighted by atomic mass is 9.82. The van der Waals surface area contributed by atoms with Crippen molar-refractivity contribution in [3.8, 4) is 5.75 Å². The number of rotatable bonds is 9. The standard InChI is InChI=1S/C40H48FN3O11Si/c1-21-36(56(3,4)41)30(17-31(46)43-19-24-10-6-5-9-23(24)15-26(43)20-45)55-40(21)28-16-27(53-2)12-13-29(28)44(39(40)52)18-22-8-7-11-25(14-22)42-37(50)35-33(48)32(47)34(49)38(51)54-35/h5-14,16,21,26,30,32-36,38,45,47-49,51H,15,17-20H2,1-4H3,(H,42,50)/t21-,26-,30+,32-,33-,34+,35-,36-,38+,40+/m0/s1. The van der Waals surface area contributed by atoms with E-state index in [1.54, 1.807) is 67.4 Å². The van der Waals surface area contributed by atoms with Gasteiger partial charge in [0.25, 0.3) is 11.8 Å². The Bertz CT molecular complexity index is 2000. The highest BCUT2D eigenvalue weighted by atomic mass is 28.4. The van der Waals surface area contributed by atoms with Crippen molar-refractivity contribution >= 4 is 37.5 Å². The van der Waals surface area contributed by atoms with E-state index >= 15 is 4.11 Å². The predicted octanol–water partition coefficient (Wildman–Crippen LogP) is 2.09. The van der Waals surface area contributed by atoms with E-state index in [2.05, 4.69) is 5.32 Å². The van der Waals surface area contributed by atoms with Crippen LogP contribution in [0.25, 0.3) is 0 Å². The van der Waals surface area contributed by atoms with Gasteiger partial charge in [0, 0.05) is 29.3 Å². The normalized spacial score (nSPS) is 31.3. The first-order valence-electron chi connectivity index (χ1n) is 18.7. The average molecular weight is 794 g/mol. The Morgan fingerprint density at radius 1 is 1.00 bits per heavy atom. The Hall–Kier alpha value is -4.26. The number of nitrogens with zero attached hydrogens (tertiary/aromatic N) is 2. The molecule has 4 aliphatic rings. The van der Waals surface area contributed by atoms with Gasteiger partial charge in [-0.2, -0.15) is 0 Å². The fraction of sp³-hybridized carbons (Fsp3) is 0.475. The summed E-state index contributed by atoms with van der Waals surface area (Å²) in [4.78, 5) is 45.4. The molecule has 14 nitrogen and oxygen atoms in total. The van der Waals surface area contributed by atoms with Gasteiger partial charge in [-0.1, -0.05) is 43.3 Å². The third kappa shape index (κ3) is 6.91. The van der Waals surface area contributed by atoms with Crippen LogP contribution in [0.5, 0.6) is 5.75 Å². The van der Waals surface area contributed by atoms with Crippen LogP contribution in [0, 0.1) is 5.92 Å². The molecule has 3 aromatic rings. The number of carbonyl (C=O) groups excluding carboxylic acids is 3. The van der Waals surface area contributed by atoms with E-state index in [1.807, 2.05) is 24.3 Å². The number of amides is 3. The van der Waals surface area contributed by atoms with Crippen molar-refractivity contribution in [3.05, 3.63) is 89.0 Å². The minimum atomic E-state index is -3.63. The number of halogens is 1. The van der Waals surface area contributed by atoms with Crippen LogP contribution in [0.15, 0.2) is 66.7 Å². The van der Waals surface area contributed by atoms with Gasteiger partial charge in [-0.3, -0.25) is 14.4 Å². The second kappa shape index (κ2) is 15.2. The van der Waals surface area contributed by atoms with Gasteiger partial charge in [0.15, 0.2) is 18.0 Å². The molecule has 6 N–H and O–H groups in total. The number of hydrogen-bond donors (Lipinski definition) is 6. The highest BCUT2D eigenvalue weighted by molar-refractivity contribution is 6.72. The first kappa shape index (κ1) is 40.0. The quantitative estimate of drug-likeness (QED) is 0.137. The zero-order valence-electron chi connectivity index (χ0n) is 31.5. The maximum Gasteiger partial charge on any atom is 0.264 e. The van der Waals surface area contributed by atoms with Gasteiger partial charge >= 0.3 is 0 Å². The van der Waals surface area contributed by atoms with Gasteiger partial charge < -0.3 is 59.0 Å². The molecule has 4 heterocycles. The summed E-state index contributed by atoms with van der Waals surface area (Å²) in [6.07, 6.45) is -9.68. The van der Waals surface area contributed by atoms with Crippen molar-refractivity contribution in [3.63, 3.8) is 0 Å². The number of nitrogens with one attached hydrogen (secondary N) is 1. The molecule has 0 saturated carbocycles. The topological polar surface area (TPSA) is 199 Å². The highest BCUT2D eigenvalue weighted by Gasteiger charge is 2.67. The van der Waals surface area contributed by atoms with Crippen molar-refractivity contribution in [2.24, 2.45) is 5.92 Å². The molecule has 300 valence electrons. The van der Waals surface area contributed by atoms with Gasteiger partial charge in [-0.05, 0) is 66.5 Å². The molecular formula is C40H48FN3O11Si. The van der Waals surface area contributed by atoms with Crippen LogP contribution in [0.3, 0.4) is 0 Å². The van der Waals surface area contributed by atoms with E-state index in [1.165, 1.54) is 12.0 Å². The predicted molar refractivity (Wildman–Crippen MR) is 202 cm³/mol. The van der Waals surface area contributed by atoms with Crippen LogP contribution in [0.2, 0.25) is 18.6 Å². The summed E-state index contributed by atoms with van der Waals surface area (Å²) in [5.74, 6) is -1.86. The summed E-state index contributed by atoms with van der Waals surface area (Å²) in [7, 11) is -2.13. The molecule has 56 heavy (non-hydrogen) atoms. The molecule has 2 saturated heterocycles. The van der Waals surface area contributed by atoms with Crippen molar-refractivity contribution in [1.29, 1.82) is 0 Å². The molecule has 3 amide bonds. The van der Waals surface area contributed by atoms with Crippen LogP contribution < -0.4 is 15.0 Å². The lowest BCUT2D eigenvalue weighted by molar-refractivity contribution is -0.274. The Kier molecular flexibility index (Phi) is 10.9. The molecule has 0 radical (unpaired) electrons. The number of hydrogen-bond acceptors (Lipinski definition) is 11. The number of fused-ring (bicyclic) bond motifs is 3. The zero-order valence-corrected chi connectivity index (χ0v) is 32.5. The molecule has 4 aliphatic heterocycles. The lowest BCUT2D eigenvalue weighted by Gasteiger charge is -2.37. The number of aliphatic hydroxyl groups is 5. The van der Waals surface area contributed by atoms with Crippen molar-refractivity contribution in [2.45, 2.75) is 99.9 Å². The summed E-state index contributed by atoms with van der Waals surface area (Å²) < 4.78 is 34.0. The number of aliphatic hydroxyl groups excluding tert-OH is 5. The summed E-state index contributed by atoms with van der Waals surface area (Å²) in [5.41, 5.74) is 1.44. The molecule has 2 fully saturated rings. The third-order valence-corrected chi connectivity index (χ3v) is 14.3.